The van der Waals surface area contributed by atoms with Gasteiger partial charge in [-0.1, -0.05) is 17.3 Å². The second kappa shape index (κ2) is 4.39. The molecule has 0 aliphatic carbocycles. The van der Waals surface area contributed by atoms with Crippen molar-refractivity contribution in [3.05, 3.63) is 16.1 Å². The Hall–Kier alpha value is -1.87. The van der Waals surface area contributed by atoms with Crippen LogP contribution < -0.4 is 5.73 Å². The second-order valence-corrected chi connectivity index (χ2v) is 3.31. The lowest BCUT2D eigenvalue weighted by atomic mass is 10.4. The van der Waals surface area contributed by atoms with Crippen molar-refractivity contribution in [2.24, 2.45) is 5.73 Å². The molecule has 14 heavy (non-hydrogen) atoms. The van der Waals surface area contributed by atoms with Crippen molar-refractivity contribution in [2.75, 3.05) is 0 Å². The Balaban J connectivity index is 2.71. The fourth-order valence-corrected chi connectivity index (χ4v) is 1.27. The van der Waals surface area contributed by atoms with Gasteiger partial charge in [-0.05, 0) is 5.92 Å². The summed E-state index contributed by atoms with van der Waals surface area (Å²) in [6.07, 6.45) is 1.17. The summed E-state index contributed by atoms with van der Waals surface area (Å²) in [6.45, 7) is 0. The van der Waals surface area contributed by atoms with Gasteiger partial charge in [-0.2, -0.15) is 0 Å². The number of aromatic nitrogens is 1. The normalized spacial score (nSPS) is 8.86. The maximum atomic E-state index is 10.4. The smallest absolute Gasteiger partial charge is 0.347 e. The van der Waals surface area contributed by atoms with Crippen molar-refractivity contribution in [3.63, 3.8) is 0 Å². The summed E-state index contributed by atoms with van der Waals surface area (Å²) in [5, 5.41) is 8.92. The number of aromatic carboxylic acids is 1. The highest BCUT2D eigenvalue weighted by Crippen LogP contribution is 2.11. The number of nitrogens with two attached hydrogens (primary N) is 1. The molecule has 6 heteroatoms. The van der Waals surface area contributed by atoms with E-state index >= 15 is 0 Å². The van der Waals surface area contributed by atoms with E-state index in [2.05, 4.69) is 16.8 Å². The number of carbonyl (C=O) groups excluding carboxylic acids is 1. The Morgan fingerprint density at radius 1 is 1.64 bits per heavy atom. The molecule has 3 N–H and O–H groups in total. The maximum Gasteiger partial charge on any atom is 0.347 e. The topological polar surface area (TPSA) is 93.3 Å². The lowest BCUT2D eigenvalue weighted by molar-refractivity contribution is -0.117. The summed E-state index contributed by atoms with van der Waals surface area (Å²) >= 11 is 0.956. The average Bonchev–Trinajstić information content (AvgIpc) is 2.52. The van der Waals surface area contributed by atoms with E-state index in [-0.39, 0.29) is 11.3 Å². The van der Waals surface area contributed by atoms with Gasteiger partial charge in [0.15, 0.2) is 5.01 Å². The summed E-state index contributed by atoms with van der Waals surface area (Å²) in [4.78, 5) is 24.6. The molecule has 72 valence electrons. The minimum atomic E-state index is -1.04. The van der Waals surface area contributed by atoms with Gasteiger partial charge in [-0.15, -0.1) is 0 Å². The van der Waals surface area contributed by atoms with Gasteiger partial charge in [-0.3, -0.25) is 4.79 Å². The Labute approximate surface area is 83.6 Å². The highest BCUT2D eigenvalue weighted by molar-refractivity contribution is 7.14. The van der Waals surface area contributed by atoms with Gasteiger partial charge < -0.3 is 10.8 Å². The van der Waals surface area contributed by atoms with E-state index in [4.69, 9.17) is 10.8 Å². The number of carbonyl (C=O) groups is 2. The highest BCUT2D eigenvalue weighted by atomic mass is 32.1. The Morgan fingerprint density at radius 2 is 2.36 bits per heavy atom. The molecule has 0 saturated heterocycles. The first-order valence-corrected chi connectivity index (χ1v) is 4.37. The third-order valence-electron chi connectivity index (χ3n) is 1.17. The SMILES string of the molecule is NC(=O)CC#Cc1ncc(C(=O)O)s1. The molecular formula is C8H6N2O3S. The molecule has 0 bridgehead atoms. The quantitative estimate of drug-likeness (QED) is 0.675. The number of thiazole rings is 1. The molecule has 5 nitrogen and oxygen atoms in total. The minimum absolute atomic E-state index is 0.0536. The molecule has 0 aliphatic rings. The lowest BCUT2D eigenvalue weighted by Crippen LogP contribution is -2.08. The van der Waals surface area contributed by atoms with Crippen molar-refractivity contribution >= 4 is 23.2 Å². The fourth-order valence-electron chi connectivity index (χ4n) is 0.638. The molecule has 0 spiro atoms. The van der Waals surface area contributed by atoms with Crippen molar-refractivity contribution in [1.29, 1.82) is 0 Å². The van der Waals surface area contributed by atoms with E-state index in [1.54, 1.807) is 0 Å². The van der Waals surface area contributed by atoms with Gasteiger partial charge in [0.25, 0.3) is 0 Å². The molecule has 1 amide bonds. The van der Waals surface area contributed by atoms with Gasteiger partial charge in [0.2, 0.25) is 5.91 Å². The number of carboxylic acids is 1. The predicted molar refractivity (Wildman–Crippen MR) is 49.8 cm³/mol. The van der Waals surface area contributed by atoms with Crippen LogP contribution in [0, 0.1) is 11.8 Å². The molecular weight excluding hydrogens is 204 g/mol. The van der Waals surface area contributed by atoms with Crippen LogP contribution in [0.5, 0.6) is 0 Å². The van der Waals surface area contributed by atoms with Crippen molar-refractivity contribution in [1.82, 2.24) is 4.98 Å². The zero-order valence-corrected chi connectivity index (χ0v) is 7.80. The van der Waals surface area contributed by atoms with Crippen LogP contribution in [0.2, 0.25) is 0 Å². The van der Waals surface area contributed by atoms with Gasteiger partial charge in [-0.25, -0.2) is 9.78 Å². The van der Waals surface area contributed by atoms with E-state index in [1.807, 2.05) is 0 Å². The van der Waals surface area contributed by atoms with Crippen LogP contribution in [0.3, 0.4) is 0 Å². The maximum absolute atomic E-state index is 10.4. The molecule has 0 fully saturated rings. The van der Waals surface area contributed by atoms with E-state index < -0.39 is 11.9 Å². The van der Waals surface area contributed by atoms with E-state index in [0.717, 1.165) is 11.3 Å². The average molecular weight is 210 g/mol. The van der Waals surface area contributed by atoms with Crippen molar-refractivity contribution in [3.8, 4) is 11.8 Å². The third-order valence-corrected chi connectivity index (χ3v) is 2.08. The number of carboxylic acid groups (broad SMARTS) is 1. The van der Waals surface area contributed by atoms with Gasteiger partial charge in [0.05, 0.1) is 12.6 Å². The van der Waals surface area contributed by atoms with E-state index in [1.165, 1.54) is 6.20 Å². The monoisotopic (exact) mass is 210 g/mol. The number of nitrogens with zero attached hydrogens (tertiary/aromatic N) is 1. The van der Waals surface area contributed by atoms with Crippen LogP contribution in [-0.2, 0) is 4.79 Å². The molecule has 1 aromatic heterocycles. The third kappa shape index (κ3) is 2.88. The Kier molecular flexibility index (Phi) is 3.20. The molecule has 0 unspecified atom stereocenters. The van der Waals surface area contributed by atoms with Crippen LogP contribution >= 0.6 is 11.3 Å². The summed E-state index contributed by atoms with van der Waals surface area (Å²) in [5.74, 6) is 3.47. The Morgan fingerprint density at radius 3 is 2.86 bits per heavy atom. The second-order valence-electron chi connectivity index (χ2n) is 2.28. The van der Waals surface area contributed by atoms with Gasteiger partial charge >= 0.3 is 5.97 Å². The van der Waals surface area contributed by atoms with Crippen LogP contribution in [0.4, 0.5) is 0 Å². The first kappa shape index (κ1) is 10.2. The van der Waals surface area contributed by atoms with E-state index in [0.29, 0.717) is 5.01 Å². The summed E-state index contributed by atoms with van der Waals surface area (Å²) in [5.41, 5.74) is 4.86. The fraction of sp³-hybridized carbons (Fsp3) is 0.125. The predicted octanol–water partition coefficient (Wildman–Crippen LogP) is 0.0682. The molecule has 0 saturated carbocycles. The minimum Gasteiger partial charge on any atom is -0.477 e. The number of amides is 1. The van der Waals surface area contributed by atoms with Crippen LogP contribution in [0.1, 0.15) is 21.1 Å². The van der Waals surface area contributed by atoms with Crippen molar-refractivity contribution < 1.29 is 14.7 Å². The first-order chi connectivity index (χ1) is 6.59. The highest BCUT2D eigenvalue weighted by Gasteiger charge is 2.06. The van der Waals surface area contributed by atoms with Crippen molar-refractivity contribution in [2.45, 2.75) is 6.42 Å². The zero-order valence-electron chi connectivity index (χ0n) is 6.98. The molecule has 1 rings (SSSR count). The van der Waals surface area contributed by atoms with E-state index in [9.17, 15) is 9.59 Å². The number of hydrogen-bond donors (Lipinski definition) is 2. The van der Waals surface area contributed by atoms with Gasteiger partial charge in [0, 0.05) is 0 Å². The molecule has 0 aromatic carbocycles. The summed E-state index contributed by atoms with van der Waals surface area (Å²) in [6, 6.07) is 0. The van der Waals surface area contributed by atoms with Crippen LogP contribution in [-0.4, -0.2) is 22.0 Å². The number of primary amides is 1. The largest absolute Gasteiger partial charge is 0.477 e. The standard InChI is InChI=1S/C8H6N2O3S/c9-6(11)2-1-3-7-10-4-5(14-7)8(12)13/h4H,2H2,(H2,9,11)(H,12,13). The first-order valence-electron chi connectivity index (χ1n) is 3.56. The molecule has 1 aromatic rings. The molecule has 0 atom stereocenters. The molecule has 0 aliphatic heterocycles. The summed E-state index contributed by atoms with van der Waals surface area (Å²) in [7, 11) is 0. The Bertz CT molecular complexity index is 427. The number of rotatable bonds is 2. The number of hydrogen-bond acceptors (Lipinski definition) is 4. The van der Waals surface area contributed by atoms with Crippen LogP contribution in [0.25, 0.3) is 0 Å². The molecule has 1 heterocycles. The van der Waals surface area contributed by atoms with Gasteiger partial charge in [0.1, 0.15) is 4.88 Å². The summed E-state index contributed by atoms with van der Waals surface area (Å²) < 4.78 is 0. The lowest BCUT2D eigenvalue weighted by Gasteiger charge is -1.80. The zero-order chi connectivity index (χ0) is 10.6. The molecule has 0 radical (unpaired) electrons. The van der Waals surface area contributed by atoms with Crippen LogP contribution in [0.15, 0.2) is 6.20 Å².